The average molecular weight is 281 g/mol. The highest BCUT2D eigenvalue weighted by Crippen LogP contribution is 2.13. The van der Waals surface area contributed by atoms with Gasteiger partial charge in [0, 0.05) is 0 Å². The second kappa shape index (κ2) is 7.03. The molecule has 0 aliphatic heterocycles. The minimum absolute atomic E-state index is 0.0566. The molecule has 1 aromatic rings. The number of carbonyl (C=O) groups is 2. The van der Waals surface area contributed by atoms with E-state index >= 15 is 0 Å². The molecule has 0 heterocycles. The van der Waals surface area contributed by atoms with Crippen molar-refractivity contribution in [3.05, 3.63) is 35.1 Å². The fourth-order valence-corrected chi connectivity index (χ4v) is 1.81. The van der Waals surface area contributed by atoms with Gasteiger partial charge in [-0.05, 0) is 30.0 Å². The molecule has 1 aromatic carbocycles. The van der Waals surface area contributed by atoms with Gasteiger partial charge in [-0.3, -0.25) is 4.79 Å². The summed E-state index contributed by atoms with van der Waals surface area (Å²) in [5, 5.41) is 2.52. The van der Waals surface area contributed by atoms with Crippen molar-refractivity contribution in [2.75, 3.05) is 7.11 Å². The van der Waals surface area contributed by atoms with E-state index in [1.807, 2.05) is 6.92 Å². The quantitative estimate of drug-likeness (QED) is 0.843. The maximum Gasteiger partial charge on any atom is 0.328 e. The van der Waals surface area contributed by atoms with Gasteiger partial charge >= 0.3 is 5.97 Å². The van der Waals surface area contributed by atoms with E-state index in [2.05, 4.69) is 10.1 Å². The smallest absolute Gasteiger partial charge is 0.328 e. The van der Waals surface area contributed by atoms with Crippen molar-refractivity contribution in [1.82, 2.24) is 5.32 Å². The lowest BCUT2D eigenvalue weighted by Gasteiger charge is -2.20. The minimum Gasteiger partial charge on any atom is -0.467 e. The molecule has 110 valence electrons. The van der Waals surface area contributed by atoms with E-state index in [0.717, 1.165) is 5.56 Å². The first-order valence-electron chi connectivity index (χ1n) is 6.57. The summed E-state index contributed by atoms with van der Waals surface area (Å²) in [5.74, 6) is -1.90. The van der Waals surface area contributed by atoms with Gasteiger partial charge in [0.1, 0.15) is 11.9 Å². The van der Waals surface area contributed by atoms with Crippen molar-refractivity contribution in [2.24, 2.45) is 5.92 Å². The van der Waals surface area contributed by atoms with Gasteiger partial charge in [-0.2, -0.15) is 0 Å². The topological polar surface area (TPSA) is 55.4 Å². The Labute approximate surface area is 118 Å². The first-order chi connectivity index (χ1) is 9.40. The zero-order chi connectivity index (χ0) is 15.3. The third kappa shape index (κ3) is 3.79. The number of ether oxygens (including phenoxy) is 1. The summed E-state index contributed by atoms with van der Waals surface area (Å²) in [7, 11) is 1.25. The van der Waals surface area contributed by atoms with Crippen LogP contribution < -0.4 is 5.32 Å². The van der Waals surface area contributed by atoms with Crippen LogP contribution in [0.1, 0.15) is 36.7 Å². The summed E-state index contributed by atoms with van der Waals surface area (Å²) in [5.41, 5.74) is 0.801. The van der Waals surface area contributed by atoms with Crippen LogP contribution in [0, 0.1) is 11.7 Å². The Balaban J connectivity index is 2.97. The minimum atomic E-state index is -0.794. The van der Waals surface area contributed by atoms with Gasteiger partial charge in [0.15, 0.2) is 0 Å². The summed E-state index contributed by atoms with van der Waals surface area (Å²) in [4.78, 5) is 23.7. The fourth-order valence-electron chi connectivity index (χ4n) is 1.81. The van der Waals surface area contributed by atoms with E-state index in [9.17, 15) is 14.0 Å². The molecule has 0 aliphatic carbocycles. The molecule has 0 saturated heterocycles. The van der Waals surface area contributed by atoms with Gasteiger partial charge in [-0.1, -0.05) is 26.8 Å². The molecule has 0 saturated carbocycles. The SMILES string of the molecule is CCc1ccc(F)c(C(=O)NC(C(=O)OC)C(C)C)c1. The van der Waals surface area contributed by atoms with Gasteiger partial charge in [0.05, 0.1) is 12.7 Å². The van der Waals surface area contributed by atoms with E-state index in [1.165, 1.54) is 19.2 Å². The number of nitrogens with one attached hydrogen (secondary N) is 1. The van der Waals surface area contributed by atoms with Crippen LogP contribution in [0.15, 0.2) is 18.2 Å². The number of carbonyl (C=O) groups excluding carboxylic acids is 2. The molecular formula is C15H20FNO3. The highest BCUT2D eigenvalue weighted by molar-refractivity contribution is 5.97. The lowest BCUT2D eigenvalue weighted by atomic mass is 10.0. The van der Waals surface area contributed by atoms with Crippen molar-refractivity contribution < 1.29 is 18.7 Å². The van der Waals surface area contributed by atoms with Gasteiger partial charge in [0.25, 0.3) is 5.91 Å². The Bertz CT molecular complexity index is 500. The van der Waals surface area contributed by atoms with Crippen molar-refractivity contribution in [1.29, 1.82) is 0 Å². The van der Waals surface area contributed by atoms with Crippen molar-refractivity contribution in [3.63, 3.8) is 0 Å². The van der Waals surface area contributed by atoms with Gasteiger partial charge in [-0.15, -0.1) is 0 Å². The normalized spacial score (nSPS) is 12.1. The maximum absolute atomic E-state index is 13.7. The molecule has 0 aliphatic rings. The third-order valence-electron chi connectivity index (χ3n) is 3.09. The first-order valence-corrected chi connectivity index (χ1v) is 6.57. The third-order valence-corrected chi connectivity index (χ3v) is 3.09. The average Bonchev–Trinajstić information content (AvgIpc) is 2.43. The molecular weight excluding hydrogens is 261 g/mol. The predicted molar refractivity (Wildman–Crippen MR) is 73.9 cm³/mol. The van der Waals surface area contributed by atoms with E-state index in [-0.39, 0.29) is 11.5 Å². The molecule has 4 nitrogen and oxygen atoms in total. The largest absolute Gasteiger partial charge is 0.467 e. The number of halogens is 1. The zero-order valence-corrected chi connectivity index (χ0v) is 12.2. The van der Waals surface area contributed by atoms with E-state index < -0.39 is 23.7 Å². The molecule has 20 heavy (non-hydrogen) atoms. The second-order valence-electron chi connectivity index (χ2n) is 4.89. The molecule has 0 bridgehead atoms. The Kier molecular flexibility index (Phi) is 5.67. The molecule has 0 fully saturated rings. The van der Waals surface area contributed by atoms with Crippen LogP contribution >= 0.6 is 0 Å². The molecule has 0 aromatic heterocycles. The van der Waals surface area contributed by atoms with E-state index in [1.54, 1.807) is 19.9 Å². The first kappa shape index (κ1) is 16.1. The van der Waals surface area contributed by atoms with Crippen LogP contribution in [0.5, 0.6) is 0 Å². The molecule has 5 heteroatoms. The number of methoxy groups -OCH3 is 1. The summed E-state index contributed by atoms with van der Waals surface area (Å²) >= 11 is 0. The summed E-state index contributed by atoms with van der Waals surface area (Å²) < 4.78 is 18.4. The predicted octanol–water partition coefficient (Wildman–Crippen LogP) is 2.32. The molecule has 1 rings (SSSR count). The number of hydrogen-bond acceptors (Lipinski definition) is 3. The summed E-state index contributed by atoms with van der Waals surface area (Å²) in [6.45, 7) is 5.47. The number of amides is 1. The van der Waals surface area contributed by atoms with Gasteiger partial charge < -0.3 is 10.1 Å². The zero-order valence-electron chi connectivity index (χ0n) is 12.2. The monoisotopic (exact) mass is 281 g/mol. The standard InChI is InChI=1S/C15H20FNO3/c1-5-10-6-7-12(16)11(8-10)14(18)17-13(9(2)3)15(19)20-4/h6-9,13H,5H2,1-4H3,(H,17,18). The lowest BCUT2D eigenvalue weighted by molar-refractivity contribution is -0.144. The highest BCUT2D eigenvalue weighted by atomic mass is 19.1. The number of aryl methyl sites for hydroxylation is 1. The summed E-state index contributed by atoms with van der Waals surface area (Å²) in [6.07, 6.45) is 0.700. The van der Waals surface area contributed by atoms with Crippen molar-refractivity contribution in [2.45, 2.75) is 33.2 Å². The molecule has 0 radical (unpaired) electrons. The van der Waals surface area contributed by atoms with Gasteiger partial charge in [-0.25, -0.2) is 9.18 Å². The number of rotatable bonds is 5. The Morgan fingerprint density at radius 2 is 2.00 bits per heavy atom. The Morgan fingerprint density at radius 3 is 2.50 bits per heavy atom. The van der Waals surface area contributed by atoms with Crippen molar-refractivity contribution in [3.8, 4) is 0 Å². The molecule has 1 amide bonds. The Hall–Kier alpha value is -1.91. The highest BCUT2D eigenvalue weighted by Gasteiger charge is 2.26. The van der Waals surface area contributed by atoms with Crippen LogP contribution in [0.2, 0.25) is 0 Å². The number of benzene rings is 1. The number of hydrogen-bond donors (Lipinski definition) is 1. The van der Waals surface area contributed by atoms with E-state index in [0.29, 0.717) is 6.42 Å². The van der Waals surface area contributed by atoms with Crippen LogP contribution in [-0.4, -0.2) is 25.0 Å². The van der Waals surface area contributed by atoms with Crippen molar-refractivity contribution >= 4 is 11.9 Å². The van der Waals surface area contributed by atoms with E-state index in [4.69, 9.17) is 0 Å². The molecule has 0 spiro atoms. The molecule has 1 unspecified atom stereocenters. The van der Waals surface area contributed by atoms with Gasteiger partial charge in [0.2, 0.25) is 0 Å². The molecule has 1 N–H and O–H groups in total. The number of esters is 1. The maximum atomic E-state index is 13.7. The van der Waals surface area contributed by atoms with Crippen LogP contribution in [0.4, 0.5) is 4.39 Å². The molecule has 1 atom stereocenters. The second-order valence-corrected chi connectivity index (χ2v) is 4.89. The Morgan fingerprint density at radius 1 is 1.35 bits per heavy atom. The van der Waals surface area contributed by atoms with Crippen LogP contribution in [0.25, 0.3) is 0 Å². The van der Waals surface area contributed by atoms with Crippen LogP contribution in [-0.2, 0) is 16.0 Å². The fraction of sp³-hybridized carbons (Fsp3) is 0.467. The lowest BCUT2D eigenvalue weighted by Crippen LogP contribution is -2.45. The van der Waals surface area contributed by atoms with Crippen LogP contribution in [0.3, 0.4) is 0 Å². The summed E-state index contributed by atoms with van der Waals surface area (Å²) in [6, 6.07) is 3.60.